The lowest BCUT2D eigenvalue weighted by Gasteiger charge is -2.25. The number of halogens is 2. The smallest absolute Gasteiger partial charge is 0.238 e. The zero-order valence-electron chi connectivity index (χ0n) is 13.8. The molecule has 130 valence electrons. The van der Waals surface area contributed by atoms with E-state index in [1.54, 1.807) is 0 Å². The first-order chi connectivity index (χ1) is 12.0. The summed E-state index contributed by atoms with van der Waals surface area (Å²) in [7, 11) is 3.80. The second kappa shape index (κ2) is 6.07. The normalized spacial score (nSPS) is 13.8. The molecular formula is C16H16F2N6S. The zero-order valence-corrected chi connectivity index (χ0v) is 14.6. The average molecular weight is 362 g/mol. The fourth-order valence-corrected chi connectivity index (χ4v) is 3.55. The predicted molar refractivity (Wildman–Crippen MR) is 92.9 cm³/mol. The number of benzene rings is 1. The summed E-state index contributed by atoms with van der Waals surface area (Å²) in [6, 6.07) is 3.50. The Labute approximate surface area is 147 Å². The van der Waals surface area contributed by atoms with Crippen LogP contribution in [0, 0.1) is 11.6 Å². The highest BCUT2D eigenvalue weighted by Crippen LogP contribution is 2.29. The van der Waals surface area contributed by atoms with Gasteiger partial charge in [-0.25, -0.2) is 13.8 Å². The van der Waals surface area contributed by atoms with Crippen molar-refractivity contribution in [2.24, 2.45) is 0 Å². The molecular weight excluding hydrogens is 346 g/mol. The summed E-state index contributed by atoms with van der Waals surface area (Å²) in [6.45, 7) is 1.37. The van der Waals surface area contributed by atoms with E-state index >= 15 is 0 Å². The summed E-state index contributed by atoms with van der Waals surface area (Å²) in [5, 5.41) is 0.846. The maximum absolute atomic E-state index is 14.0. The molecule has 4 rings (SSSR count). The number of aromatic amines is 1. The molecule has 0 unspecified atom stereocenters. The number of H-pyrrole nitrogens is 1. The van der Waals surface area contributed by atoms with Crippen molar-refractivity contribution in [1.82, 2.24) is 19.3 Å². The van der Waals surface area contributed by atoms with Crippen LogP contribution in [0.1, 0.15) is 11.4 Å². The van der Waals surface area contributed by atoms with Crippen LogP contribution in [-0.4, -0.2) is 40.0 Å². The molecule has 0 radical (unpaired) electrons. The molecule has 0 fully saturated rings. The number of fused-ring (bicyclic) bond motifs is 1. The van der Waals surface area contributed by atoms with E-state index in [4.69, 9.17) is 0 Å². The molecule has 2 aromatic heterocycles. The number of imidazole rings is 1. The topological polar surface area (TPSA) is 60.9 Å². The largest absolute Gasteiger partial charge is 0.346 e. The van der Waals surface area contributed by atoms with Crippen LogP contribution in [0.5, 0.6) is 0 Å². The summed E-state index contributed by atoms with van der Waals surface area (Å²) in [5.74, 6) is -0.112. The van der Waals surface area contributed by atoms with E-state index in [0.29, 0.717) is 18.3 Å². The van der Waals surface area contributed by atoms with Crippen molar-refractivity contribution < 1.29 is 8.78 Å². The Morgan fingerprint density at radius 2 is 2.08 bits per heavy atom. The summed E-state index contributed by atoms with van der Waals surface area (Å²) < 4.78 is 31.4. The van der Waals surface area contributed by atoms with E-state index in [1.807, 2.05) is 19.0 Å². The lowest BCUT2D eigenvalue weighted by Crippen LogP contribution is -2.30. The molecule has 1 N–H and O–H groups in total. The summed E-state index contributed by atoms with van der Waals surface area (Å²) in [6.07, 6.45) is 0.728. The van der Waals surface area contributed by atoms with Crippen LogP contribution in [0.4, 0.5) is 19.9 Å². The fraction of sp³-hybridized carbons (Fsp3) is 0.312. The Hall–Kier alpha value is -2.55. The van der Waals surface area contributed by atoms with Crippen LogP contribution in [0.15, 0.2) is 18.2 Å². The highest BCUT2D eigenvalue weighted by atomic mass is 32.1. The molecule has 0 spiro atoms. The number of nitrogens with zero attached hydrogens (tertiary/aromatic N) is 5. The van der Waals surface area contributed by atoms with Gasteiger partial charge in [0, 0.05) is 44.7 Å². The van der Waals surface area contributed by atoms with Gasteiger partial charge >= 0.3 is 0 Å². The van der Waals surface area contributed by atoms with Crippen molar-refractivity contribution in [3.05, 3.63) is 41.2 Å². The van der Waals surface area contributed by atoms with Gasteiger partial charge in [0.2, 0.25) is 11.1 Å². The Kier molecular flexibility index (Phi) is 3.87. The van der Waals surface area contributed by atoms with Gasteiger partial charge in [-0.15, -0.1) is 0 Å². The lowest BCUT2D eigenvalue weighted by atomic mass is 10.1. The molecule has 1 aromatic carbocycles. The first-order valence-electron chi connectivity index (χ1n) is 7.80. The molecule has 1 aliphatic heterocycles. The number of anilines is 2. The first kappa shape index (κ1) is 15.9. The number of aromatic nitrogens is 4. The summed E-state index contributed by atoms with van der Waals surface area (Å²) >= 11 is 1.35. The van der Waals surface area contributed by atoms with Crippen molar-refractivity contribution >= 4 is 22.6 Å². The summed E-state index contributed by atoms with van der Waals surface area (Å²) in [5.41, 5.74) is 2.10. The molecule has 0 amide bonds. The molecule has 0 atom stereocenters. The zero-order chi connectivity index (χ0) is 17.6. The lowest BCUT2D eigenvalue weighted by molar-refractivity contribution is 0.585. The van der Waals surface area contributed by atoms with Crippen molar-refractivity contribution in [2.75, 3.05) is 30.4 Å². The standard InChI is InChI=1S/C16H16F2N6S/c1-23(2)15-21-16(25-22-15)24-6-5-12-13(8-24)20-14(19-12)10-4-3-9(17)7-11(10)18/h3-4,7H,5-6,8H2,1-2H3,(H,19,20). The first-order valence-corrected chi connectivity index (χ1v) is 8.58. The highest BCUT2D eigenvalue weighted by molar-refractivity contribution is 7.09. The van der Waals surface area contributed by atoms with Crippen LogP contribution in [-0.2, 0) is 13.0 Å². The van der Waals surface area contributed by atoms with Gasteiger partial charge < -0.3 is 14.8 Å². The van der Waals surface area contributed by atoms with Crippen molar-refractivity contribution in [2.45, 2.75) is 13.0 Å². The Morgan fingerprint density at radius 1 is 1.24 bits per heavy atom. The van der Waals surface area contributed by atoms with Crippen LogP contribution >= 0.6 is 11.5 Å². The van der Waals surface area contributed by atoms with E-state index in [1.165, 1.54) is 23.7 Å². The third-order valence-corrected chi connectivity index (χ3v) is 4.86. The quantitative estimate of drug-likeness (QED) is 0.776. The van der Waals surface area contributed by atoms with Crippen LogP contribution < -0.4 is 9.80 Å². The van der Waals surface area contributed by atoms with E-state index in [9.17, 15) is 8.78 Å². The molecule has 1 aliphatic rings. The van der Waals surface area contributed by atoms with E-state index in [-0.39, 0.29) is 5.56 Å². The summed E-state index contributed by atoms with van der Waals surface area (Å²) in [4.78, 5) is 16.2. The molecule has 0 bridgehead atoms. The monoisotopic (exact) mass is 362 g/mol. The van der Waals surface area contributed by atoms with Gasteiger partial charge in [-0.2, -0.15) is 9.36 Å². The minimum absolute atomic E-state index is 0.271. The average Bonchev–Trinajstić information content (AvgIpc) is 3.21. The SMILES string of the molecule is CN(C)c1nsc(N2CCc3nc(-c4ccc(F)cc4F)[nH]c3C2)n1. The van der Waals surface area contributed by atoms with E-state index in [2.05, 4.69) is 24.2 Å². The Bertz CT molecular complexity index is 919. The third-order valence-electron chi connectivity index (χ3n) is 4.09. The molecule has 25 heavy (non-hydrogen) atoms. The number of nitrogens with one attached hydrogen (secondary N) is 1. The van der Waals surface area contributed by atoms with Gasteiger partial charge in [0.1, 0.15) is 17.5 Å². The molecule has 9 heteroatoms. The number of hydrogen-bond donors (Lipinski definition) is 1. The Balaban J connectivity index is 1.60. The van der Waals surface area contributed by atoms with Crippen molar-refractivity contribution in [3.8, 4) is 11.4 Å². The second-order valence-corrected chi connectivity index (χ2v) is 6.81. The van der Waals surface area contributed by atoms with Gasteiger partial charge in [0.25, 0.3) is 0 Å². The number of hydrogen-bond acceptors (Lipinski definition) is 6. The molecule has 0 saturated heterocycles. The van der Waals surface area contributed by atoms with Gasteiger partial charge in [0.05, 0.1) is 23.5 Å². The maximum atomic E-state index is 14.0. The minimum atomic E-state index is -0.622. The van der Waals surface area contributed by atoms with Gasteiger partial charge in [-0.05, 0) is 12.1 Å². The van der Waals surface area contributed by atoms with E-state index < -0.39 is 11.6 Å². The molecule has 3 heterocycles. The van der Waals surface area contributed by atoms with Crippen LogP contribution in [0.2, 0.25) is 0 Å². The van der Waals surface area contributed by atoms with Crippen molar-refractivity contribution in [1.29, 1.82) is 0 Å². The maximum Gasteiger partial charge on any atom is 0.238 e. The van der Waals surface area contributed by atoms with Crippen molar-refractivity contribution in [3.63, 3.8) is 0 Å². The molecule has 0 aliphatic carbocycles. The Morgan fingerprint density at radius 3 is 2.80 bits per heavy atom. The predicted octanol–water partition coefficient (Wildman–Crippen LogP) is 2.84. The van der Waals surface area contributed by atoms with Gasteiger partial charge in [-0.1, -0.05) is 0 Å². The minimum Gasteiger partial charge on any atom is -0.346 e. The highest BCUT2D eigenvalue weighted by Gasteiger charge is 2.24. The van der Waals surface area contributed by atoms with Crippen LogP contribution in [0.25, 0.3) is 11.4 Å². The molecule has 6 nitrogen and oxygen atoms in total. The van der Waals surface area contributed by atoms with E-state index in [0.717, 1.165) is 35.6 Å². The second-order valence-electron chi connectivity index (χ2n) is 6.08. The van der Waals surface area contributed by atoms with Gasteiger partial charge in [-0.3, -0.25) is 0 Å². The third kappa shape index (κ3) is 2.95. The molecule has 0 saturated carbocycles. The van der Waals surface area contributed by atoms with Crippen LogP contribution in [0.3, 0.4) is 0 Å². The molecule has 3 aromatic rings. The van der Waals surface area contributed by atoms with Gasteiger partial charge in [0.15, 0.2) is 0 Å². The number of rotatable bonds is 3. The fourth-order valence-electron chi connectivity index (χ4n) is 2.78.